The molecule has 1 aliphatic carbocycles. The van der Waals surface area contributed by atoms with Crippen LogP contribution >= 0.6 is 0 Å². The Hall–Kier alpha value is -2.27. The fourth-order valence-corrected chi connectivity index (χ4v) is 2.47. The number of hydrogen-bond donors (Lipinski definition) is 2. The molecule has 1 heterocycles. The Morgan fingerprint density at radius 2 is 2.05 bits per heavy atom. The molecule has 1 amide bonds. The molecule has 1 aromatic carbocycles. The van der Waals surface area contributed by atoms with Crippen LogP contribution in [0.25, 0.3) is 0 Å². The largest absolute Gasteiger partial charge is 0.484 e. The number of carbonyl (C=O) groups excluding carboxylic acids is 1. The summed E-state index contributed by atoms with van der Waals surface area (Å²) in [6, 6.07) is 12.6. The molecule has 0 radical (unpaired) electrons. The van der Waals surface area contributed by atoms with Crippen LogP contribution in [0.1, 0.15) is 18.6 Å². The van der Waals surface area contributed by atoms with Crippen LogP contribution in [-0.4, -0.2) is 24.2 Å². The number of amides is 1. The first kappa shape index (κ1) is 14.7. The van der Waals surface area contributed by atoms with Crippen molar-refractivity contribution in [2.75, 3.05) is 13.2 Å². The van der Waals surface area contributed by atoms with Crippen molar-refractivity contribution in [2.45, 2.75) is 18.4 Å². The molecule has 1 fully saturated rings. The van der Waals surface area contributed by atoms with E-state index in [2.05, 4.69) is 5.32 Å². The first-order valence-electron chi connectivity index (χ1n) is 7.39. The van der Waals surface area contributed by atoms with E-state index in [1.807, 2.05) is 18.2 Å². The summed E-state index contributed by atoms with van der Waals surface area (Å²) >= 11 is 0. The molecule has 0 unspecified atom stereocenters. The highest BCUT2D eigenvalue weighted by atomic mass is 16.5. The highest BCUT2D eigenvalue weighted by Gasteiger charge is 2.47. The van der Waals surface area contributed by atoms with Gasteiger partial charge in [-0.15, -0.1) is 0 Å². The number of para-hydroxylation sites is 1. The van der Waals surface area contributed by atoms with Crippen molar-refractivity contribution in [3.05, 3.63) is 54.5 Å². The predicted molar refractivity (Wildman–Crippen MR) is 80.3 cm³/mol. The van der Waals surface area contributed by atoms with Crippen molar-refractivity contribution in [1.29, 1.82) is 0 Å². The first-order valence-corrected chi connectivity index (χ1v) is 7.39. The minimum Gasteiger partial charge on any atom is -0.484 e. The molecular formula is C17H19NO4. The Bertz CT molecular complexity index is 607. The third-order valence-electron chi connectivity index (χ3n) is 3.87. The zero-order valence-electron chi connectivity index (χ0n) is 12.2. The average Bonchev–Trinajstić information content (AvgIpc) is 3.26. The lowest BCUT2D eigenvalue weighted by atomic mass is 9.94. The lowest BCUT2D eigenvalue weighted by Crippen LogP contribution is -2.43. The highest BCUT2D eigenvalue weighted by Crippen LogP contribution is 2.45. The van der Waals surface area contributed by atoms with Gasteiger partial charge < -0.3 is 19.6 Å². The topological polar surface area (TPSA) is 71.7 Å². The van der Waals surface area contributed by atoms with Gasteiger partial charge in [0.15, 0.2) is 6.61 Å². The molecule has 1 aromatic heterocycles. The van der Waals surface area contributed by atoms with Crippen molar-refractivity contribution in [3.8, 4) is 5.75 Å². The van der Waals surface area contributed by atoms with Crippen LogP contribution in [0.2, 0.25) is 0 Å². The molecule has 22 heavy (non-hydrogen) atoms. The monoisotopic (exact) mass is 301 g/mol. The predicted octanol–water partition coefficient (Wildman–Crippen LogP) is 2.07. The fourth-order valence-electron chi connectivity index (χ4n) is 2.47. The number of hydrogen-bond acceptors (Lipinski definition) is 4. The van der Waals surface area contributed by atoms with Gasteiger partial charge in [-0.2, -0.15) is 0 Å². The molecule has 2 aromatic rings. The Morgan fingerprint density at radius 1 is 1.27 bits per heavy atom. The SMILES string of the molecule is O=C(COc1ccccc1)NC[C@](O)(c1ccco1)C1CC1. The molecule has 1 aliphatic rings. The molecule has 2 N–H and O–H groups in total. The quantitative estimate of drug-likeness (QED) is 0.821. The molecule has 1 saturated carbocycles. The lowest BCUT2D eigenvalue weighted by Gasteiger charge is -2.26. The molecule has 0 saturated heterocycles. The van der Waals surface area contributed by atoms with Gasteiger partial charge in [0, 0.05) is 0 Å². The van der Waals surface area contributed by atoms with Gasteiger partial charge in [0.1, 0.15) is 17.1 Å². The van der Waals surface area contributed by atoms with Crippen LogP contribution in [0.3, 0.4) is 0 Å². The highest BCUT2D eigenvalue weighted by molar-refractivity contribution is 5.77. The number of aliphatic hydroxyl groups is 1. The average molecular weight is 301 g/mol. The maximum Gasteiger partial charge on any atom is 0.258 e. The molecule has 5 heteroatoms. The second-order valence-corrected chi connectivity index (χ2v) is 5.55. The normalized spacial score (nSPS) is 16.8. The van der Waals surface area contributed by atoms with Crippen molar-refractivity contribution in [3.63, 3.8) is 0 Å². The molecular weight excluding hydrogens is 282 g/mol. The Labute approximate surface area is 128 Å². The van der Waals surface area contributed by atoms with Crippen LogP contribution in [0.15, 0.2) is 53.1 Å². The van der Waals surface area contributed by atoms with Gasteiger partial charge in [-0.05, 0) is 43.0 Å². The minimum absolute atomic E-state index is 0.0804. The number of rotatable bonds is 7. The summed E-state index contributed by atoms with van der Waals surface area (Å²) in [6.07, 6.45) is 3.41. The van der Waals surface area contributed by atoms with E-state index in [9.17, 15) is 9.90 Å². The van der Waals surface area contributed by atoms with Crippen molar-refractivity contribution in [1.82, 2.24) is 5.32 Å². The molecule has 0 aliphatic heterocycles. The van der Waals surface area contributed by atoms with E-state index in [-0.39, 0.29) is 25.0 Å². The number of furan rings is 1. The van der Waals surface area contributed by atoms with Gasteiger partial charge in [-0.1, -0.05) is 18.2 Å². The third kappa shape index (κ3) is 3.31. The second kappa shape index (κ2) is 6.23. The summed E-state index contributed by atoms with van der Waals surface area (Å²) in [5.41, 5.74) is -1.13. The van der Waals surface area contributed by atoms with Crippen LogP contribution in [-0.2, 0) is 10.4 Å². The van der Waals surface area contributed by atoms with Crippen LogP contribution in [0.5, 0.6) is 5.75 Å². The number of carbonyl (C=O) groups is 1. The van der Waals surface area contributed by atoms with Crippen molar-refractivity contribution >= 4 is 5.91 Å². The Kier molecular flexibility index (Phi) is 4.15. The van der Waals surface area contributed by atoms with E-state index in [0.29, 0.717) is 11.5 Å². The zero-order valence-corrected chi connectivity index (χ0v) is 12.2. The van der Waals surface area contributed by atoms with E-state index in [1.165, 1.54) is 6.26 Å². The van der Waals surface area contributed by atoms with Gasteiger partial charge >= 0.3 is 0 Å². The molecule has 5 nitrogen and oxygen atoms in total. The summed E-state index contributed by atoms with van der Waals surface area (Å²) in [6.45, 7) is 0.0467. The van der Waals surface area contributed by atoms with Gasteiger partial charge in [0.25, 0.3) is 5.91 Å². The van der Waals surface area contributed by atoms with Gasteiger partial charge in [0.2, 0.25) is 0 Å². The summed E-state index contributed by atoms with van der Waals surface area (Å²) < 4.78 is 10.7. The maximum absolute atomic E-state index is 11.9. The first-order chi connectivity index (χ1) is 10.7. The van der Waals surface area contributed by atoms with E-state index in [1.54, 1.807) is 24.3 Å². The number of nitrogens with one attached hydrogen (secondary N) is 1. The summed E-state index contributed by atoms with van der Waals surface area (Å²) in [5.74, 6) is 1.00. The molecule has 0 bridgehead atoms. The maximum atomic E-state index is 11.9. The molecule has 116 valence electrons. The van der Waals surface area contributed by atoms with Gasteiger partial charge in [0.05, 0.1) is 12.8 Å². The van der Waals surface area contributed by atoms with Crippen LogP contribution < -0.4 is 10.1 Å². The zero-order chi connectivity index (χ0) is 15.4. The summed E-state index contributed by atoms with van der Waals surface area (Å²) in [4.78, 5) is 11.9. The van der Waals surface area contributed by atoms with Crippen LogP contribution in [0.4, 0.5) is 0 Å². The third-order valence-corrected chi connectivity index (χ3v) is 3.87. The summed E-state index contributed by atoms with van der Waals surface area (Å²) in [5, 5.41) is 13.5. The van der Waals surface area contributed by atoms with E-state index in [4.69, 9.17) is 9.15 Å². The molecule has 3 rings (SSSR count). The lowest BCUT2D eigenvalue weighted by molar-refractivity contribution is -0.125. The number of ether oxygens (including phenoxy) is 1. The second-order valence-electron chi connectivity index (χ2n) is 5.55. The standard InChI is InChI=1S/C17H19NO4/c19-16(11-22-14-5-2-1-3-6-14)18-12-17(20,13-8-9-13)15-7-4-10-21-15/h1-7,10,13,20H,8-9,11-12H2,(H,18,19)/t17-/m1/s1. The van der Waals surface area contributed by atoms with Crippen molar-refractivity contribution < 1.29 is 19.1 Å². The fraction of sp³-hybridized carbons (Fsp3) is 0.353. The van der Waals surface area contributed by atoms with E-state index >= 15 is 0 Å². The van der Waals surface area contributed by atoms with Crippen molar-refractivity contribution in [2.24, 2.45) is 5.92 Å². The molecule has 1 atom stereocenters. The van der Waals surface area contributed by atoms with Crippen LogP contribution in [0, 0.1) is 5.92 Å². The minimum atomic E-state index is -1.13. The number of benzene rings is 1. The van der Waals surface area contributed by atoms with Gasteiger partial charge in [-0.25, -0.2) is 0 Å². The molecule has 0 spiro atoms. The Morgan fingerprint density at radius 3 is 2.68 bits per heavy atom. The summed E-state index contributed by atoms with van der Waals surface area (Å²) in [7, 11) is 0. The van der Waals surface area contributed by atoms with Gasteiger partial charge in [-0.3, -0.25) is 4.79 Å². The van der Waals surface area contributed by atoms with E-state index < -0.39 is 5.60 Å². The smallest absolute Gasteiger partial charge is 0.258 e. The Balaban J connectivity index is 1.53. The van der Waals surface area contributed by atoms with E-state index in [0.717, 1.165) is 12.8 Å².